The van der Waals surface area contributed by atoms with Crippen molar-refractivity contribution in [2.45, 2.75) is 31.9 Å². The Balaban J connectivity index is 1.99. The summed E-state index contributed by atoms with van der Waals surface area (Å²) >= 11 is 0. The summed E-state index contributed by atoms with van der Waals surface area (Å²) in [5.41, 5.74) is 6.95. The van der Waals surface area contributed by atoms with Crippen molar-refractivity contribution in [3.63, 3.8) is 0 Å². The number of anilines is 1. The van der Waals surface area contributed by atoms with Crippen LogP contribution in [-0.4, -0.2) is 18.3 Å². The largest absolute Gasteiger partial charge is 0.481 e. The third-order valence-corrected chi connectivity index (χ3v) is 3.88. The first-order valence-corrected chi connectivity index (χ1v) is 6.94. The molecule has 3 nitrogen and oxygen atoms in total. The Morgan fingerprint density at radius 1 is 1.29 bits per heavy atom. The maximum Gasteiger partial charge on any atom is 0.391 e. The van der Waals surface area contributed by atoms with Gasteiger partial charge in [0.05, 0.1) is 24.9 Å². The first kappa shape index (κ1) is 15.7. The zero-order chi connectivity index (χ0) is 15.5. The lowest BCUT2D eigenvalue weighted by Crippen LogP contribution is -2.27. The van der Waals surface area contributed by atoms with E-state index in [1.165, 1.54) is 13.3 Å². The molecule has 0 aromatic carbocycles. The number of hydrogen-bond acceptors (Lipinski definition) is 3. The van der Waals surface area contributed by atoms with Crippen LogP contribution in [0.25, 0.3) is 6.08 Å². The van der Waals surface area contributed by atoms with Crippen molar-refractivity contribution in [2.75, 3.05) is 12.8 Å². The molecule has 1 aliphatic rings. The maximum atomic E-state index is 12.6. The van der Waals surface area contributed by atoms with E-state index in [0.717, 1.165) is 5.56 Å². The zero-order valence-electron chi connectivity index (χ0n) is 11.9. The van der Waals surface area contributed by atoms with E-state index in [0.29, 0.717) is 24.4 Å². The van der Waals surface area contributed by atoms with E-state index in [9.17, 15) is 13.2 Å². The summed E-state index contributed by atoms with van der Waals surface area (Å²) in [4.78, 5) is 4.06. The smallest absolute Gasteiger partial charge is 0.391 e. The Bertz CT molecular complexity index is 506. The second kappa shape index (κ2) is 6.37. The summed E-state index contributed by atoms with van der Waals surface area (Å²) in [6.07, 6.45) is 2.72. The fourth-order valence-electron chi connectivity index (χ4n) is 2.65. The molecule has 0 atom stereocenters. The van der Waals surface area contributed by atoms with Gasteiger partial charge in [0, 0.05) is 5.56 Å². The van der Waals surface area contributed by atoms with Crippen LogP contribution in [0.5, 0.6) is 5.88 Å². The molecule has 0 unspecified atom stereocenters. The van der Waals surface area contributed by atoms with Gasteiger partial charge in [0.1, 0.15) is 0 Å². The highest BCUT2D eigenvalue weighted by molar-refractivity contribution is 5.59. The Kier molecular flexibility index (Phi) is 4.75. The molecule has 2 N–H and O–H groups in total. The van der Waals surface area contributed by atoms with Gasteiger partial charge in [-0.25, -0.2) is 4.98 Å². The number of nitrogens with two attached hydrogens (primary N) is 1. The van der Waals surface area contributed by atoms with Crippen molar-refractivity contribution >= 4 is 11.8 Å². The van der Waals surface area contributed by atoms with Gasteiger partial charge < -0.3 is 10.5 Å². The molecular formula is C15H19F3N2O. The van der Waals surface area contributed by atoms with Crippen molar-refractivity contribution < 1.29 is 17.9 Å². The topological polar surface area (TPSA) is 48.1 Å². The predicted octanol–water partition coefficient (Wildman–Crippen LogP) is 4.05. The minimum absolute atomic E-state index is 0.162. The molecule has 1 aliphatic carbocycles. The Morgan fingerprint density at radius 3 is 2.52 bits per heavy atom. The number of aromatic nitrogens is 1. The van der Waals surface area contributed by atoms with E-state index >= 15 is 0 Å². The van der Waals surface area contributed by atoms with Gasteiger partial charge in [-0.2, -0.15) is 13.2 Å². The molecule has 0 aliphatic heterocycles. The van der Waals surface area contributed by atoms with Crippen molar-refractivity contribution in [3.05, 3.63) is 23.9 Å². The zero-order valence-corrected chi connectivity index (χ0v) is 11.9. The molecule has 1 saturated carbocycles. The van der Waals surface area contributed by atoms with Crippen molar-refractivity contribution in [1.82, 2.24) is 4.98 Å². The Labute approximate surface area is 122 Å². The van der Waals surface area contributed by atoms with Crippen LogP contribution in [0.15, 0.2) is 18.3 Å². The van der Waals surface area contributed by atoms with Crippen LogP contribution >= 0.6 is 0 Å². The molecule has 6 heteroatoms. The third kappa shape index (κ3) is 4.12. The van der Waals surface area contributed by atoms with E-state index in [1.54, 1.807) is 6.07 Å². The fraction of sp³-hybridized carbons (Fsp3) is 0.533. The molecule has 1 fully saturated rings. The summed E-state index contributed by atoms with van der Waals surface area (Å²) in [6, 6.07) is 1.74. The van der Waals surface area contributed by atoms with E-state index in [-0.39, 0.29) is 18.8 Å². The number of methoxy groups -OCH3 is 1. The third-order valence-electron chi connectivity index (χ3n) is 3.88. The molecule has 0 amide bonds. The van der Waals surface area contributed by atoms with Crippen LogP contribution in [0.4, 0.5) is 18.9 Å². The average molecular weight is 300 g/mol. The van der Waals surface area contributed by atoms with Crippen LogP contribution in [-0.2, 0) is 0 Å². The second-order valence-corrected chi connectivity index (χ2v) is 5.38. The van der Waals surface area contributed by atoms with Gasteiger partial charge in [-0.3, -0.25) is 0 Å². The minimum Gasteiger partial charge on any atom is -0.481 e. The van der Waals surface area contributed by atoms with Crippen LogP contribution in [0.2, 0.25) is 0 Å². The van der Waals surface area contributed by atoms with Gasteiger partial charge in [0.15, 0.2) is 0 Å². The minimum atomic E-state index is -4.06. The number of nitrogen functional groups attached to an aromatic ring is 1. The summed E-state index contributed by atoms with van der Waals surface area (Å²) in [5.74, 6) is -0.523. The fourth-order valence-corrected chi connectivity index (χ4v) is 2.65. The van der Waals surface area contributed by atoms with E-state index < -0.39 is 12.1 Å². The predicted molar refractivity (Wildman–Crippen MR) is 75.7 cm³/mol. The summed E-state index contributed by atoms with van der Waals surface area (Å²) in [6.45, 7) is 0. The summed E-state index contributed by atoms with van der Waals surface area (Å²) in [7, 11) is 1.52. The number of alkyl halides is 3. The first-order valence-electron chi connectivity index (χ1n) is 6.94. The number of pyridine rings is 1. The lowest BCUT2D eigenvalue weighted by atomic mass is 9.81. The van der Waals surface area contributed by atoms with E-state index in [1.807, 2.05) is 12.2 Å². The maximum absolute atomic E-state index is 12.6. The summed E-state index contributed by atoms with van der Waals surface area (Å²) < 4.78 is 43.0. The summed E-state index contributed by atoms with van der Waals surface area (Å²) in [5, 5.41) is 0. The quantitative estimate of drug-likeness (QED) is 0.916. The standard InChI is InChI=1S/C15H19F3N2O/c1-21-14-11(8-13(19)9-20-14)5-2-10-3-6-12(7-4-10)15(16,17)18/h2,5,8-10,12H,3-4,6-7,19H2,1H3/b5-2+. The second-order valence-electron chi connectivity index (χ2n) is 5.38. The Morgan fingerprint density at radius 2 is 1.95 bits per heavy atom. The number of ether oxygens (including phenoxy) is 1. The van der Waals surface area contributed by atoms with Gasteiger partial charge in [-0.05, 0) is 37.7 Å². The molecule has 2 rings (SSSR count). The highest BCUT2D eigenvalue weighted by Crippen LogP contribution is 2.40. The Hall–Kier alpha value is -1.72. The molecule has 1 aromatic heterocycles. The monoisotopic (exact) mass is 300 g/mol. The first-order chi connectivity index (χ1) is 9.90. The lowest BCUT2D eigenvalue weighted by Gasteiger charge is -2.28. The van der Waals surface area contributed by atoms with Crippen molar-refractivity contribution in [2.24, 2.45) is 11.8 Å². The van der Waals surface area contributed by atoms with Gasteiger partial charge in [-0.15, -0.1) is 0 Å². The molecule has 0 spiro atoms. The average Bonchev–Trinajstić information content (AvgIpc) is 2.45. The van der Waals surface area contributed by atoms with Crippen LogP contribution in [0.1, 0.15) is 31.2 Å². The molecule has 21 heavy (non-hydrogen) atoms. The van der Waals surface area contributed by atoms with Crippen LogP contribution in [0.3, 0.4) is 0 Å². The number of halogens is 3. The lowest BCUT2D eigenvalue weighted by molar-refractivity contribution is -0.183. The van der Waals surface area contributed by atoms with E-state index in [4.69, 9.17) is 10.5 Å². The molecule has 0 radical (unpaired) electrons. The van der Waals surface area contributed by atoms with Gasteiger partial charge in [0.25, 0.3) is 0 Å². The number of hydrogen-bond donors (Lipinski definition) is 1. The normalized spacial score (nSPS) is 23.4. The van der Waals surface area contributed by atoms with Crippen molar-refractivity contribution in [1.29, 1.82) is 0 Å². The number of allylic oxidation sites excluding steroid dienone is 1. The molecule has 1 aromatic rings. The van der Waals surface area contributed by atoms with Gasteiger partial charge >= 0.3 is 6.18 Å². The van der Waals surface area contributed by atoms with Crippen molar-refractivity contribution in [3.8, 4) is 5.88 Å². The van der Waals surface area contributed by atoms with E-state index in [2.05, 4.69) is 4.98 Å². The highest BCUT2D eigenvalue weighted by Gasteiger charge is 2.40. The number of nitrogens with zero attached hydrogens (tertiary/aromatic N) is 1. The molecule has 0 bridgehead atoms. The molecule has 0 saturated heterocycles. The molecular weight excluding hydrogens is 281 g/mol. The van der Waals surface area contributed by atoms with Gasteiger partial charge in [-0.1, -0.05) is 12.2 Å². The van der Waals surface area contributed by atoms with Crippen LogP contribution < -0.4 is 10.5 Å². The SMILES string of the molecule is COc1ncc(N)cc1/C=C/C1CCC(C(F)(F)F)CC1. The highest BCUT2D eigenvalue weighted by atomic mass is 19.4. The number of rotatable bonds is 3. The van der Waals surface area contributed by atoms with Gasteiger partial charge in [0.2, 0.25) is 5.88 Å². The van der Waals surface area contributed by atoms with Crippen LogP contribution in [0, 0.1) is 11.8 Å². The molecule has 116 valence electrons. The molecule has 1 heterocycles.